The van der Waals surface area contributed by atoms with Gasteiger partial charge in [-0.05, 0) is 57.6 Å². The molecule has 0 spiro atoms. The van der Waals surface area contributed by atoms with Crippen molar-refractivity contribution >= 4 is 25.0 Å². The molecule has 122 valence electrons. The third-order valence-corrected chi connectivity index (χ3v) is 5.15. The van der Waals surface area contributed by atoms with E-state index < -0.39 is 13.4 Å². The van der Waals surface area contributed by atoms with Crippen LogP contribution in [-0.4, -0.2) is 24.5 Å². The molecule has 0 fully saturated rings. The molecule has 1 unspecified atom stereocenters. The highest BCUT2D eigenvalue weighted by atomic mass is 32.1. The molecule has 0 saturated heterocycles. The summed E-state index contributed by atoms with van der Waals surface area (Å²) in [6, 6.07) is 7.05. The van der Waals surface area contributed by atoms with Gasteiger partial charge in [0.2, 0.25) is 0 Å². The molecule has 0 aliphatic carbocycles. The quantitative estimate of drug-likeness (QED) is 0.384. The fraction of sp³-hybridized carbons (Fsp3) is 0.533. The molecule has 0 N–H and O–H groups in total. The van der Waals surface area contributed by atoms with E-state index >= 15 is 0 Å². The van der Waals surface area contributed by atoms with E-state index in [2.05, 4.69) is 10.2 Å². The third-order valence-electron chi connectivity index (χ3n) is 2.60. The number of hydrogen-bond donors (Lipinski definition) is 0. The van der Waals surface area contributed by atoms with E-state index in [0.717, 1.165) is 0 Å². The average molecular weight is 343 g/mol. The molecule has 0 aromatic heterocycles. The molecular formula is C15H22NO4PS. The monoisotopic (exact) mass is 343 g/mol. The molecule has 1 rings (SSSR count). The van der Waals surface area contributed by atoms with E-state index in [1.807, 2.05) is 0 Å². The molecule has 0 saturated carbocycles. The first-order valence-corrected chi connectivity index (χ1v) is 9.02. The second-order valence-corrected chi connectivity index (χ2v) is 7.39. The van der Waals surface area contributed by atoms with E-state index in [-0.39, 0.29) is 12.2 Å². The lowest BCUT2D eigenvalue weighted by atomic mass is 10.2. The molecular weight excluding hydrogens is 321 g/mol. The maximum absolute atomic E-state index is 13.2. The van der Waals surface area contributed by atoms with Crippen molar-refractivity contribution in [2.45, 2.75) is 45.7 Å². The van der Waals surface area contributed by atoms with Gasteiger partial charge in [0.25, 0.3) is 0 Å². The Balaban J connectivity index is 3.27. The van der Waals surface area contributed by atoms with E-state index in [9.17, 15) is 4.57 Å². The van der Waals surface area contributed by atoms with Gasteiger partial charge < -0.3 is 13.8 Å². The largest absolute Gasteiger partial charge is 0.497 e. The van der Waals surface area contributed by atoms with Crippen molar-refractivity contribution in [2.24, 2.45) is 4.99 Å². The Morgan fingerprint density at radius 1 is 1.09 bits per heavy atom. The van der Waals surface area contributed by atoms with Crippen LogP contribution in [0.15, 0.2) is 29.3 Å². The molecule has 0 heterocycles. The summed E-state index contributed by atoms with van der Waals surface area (Å²) in [4.78, 5) is 4.04. The number of nitrogens with zero attached hydrogens (tertiary/aromatic N) is 1. The van der Waals surface area contributed by atoms with Crippen LogP contribution in [0, 0.1) is 0 Å². The first kappa shape index (κ1) is 19.0. The maximum Gasteiger partial charge on any atom is 0.360 e. The number of thiocarbonyl (C=S) groups is 1. The van der Waals surface area contributed by atoms with Gasteiger partial charge in [0.15, 0.2) is 5.78 Å². The minimum absolute atomic E-state index is 0.273. The molecule has 0 aliphatic heterocycles. The second-order valence-electron chi connectivity index (χ2n) is 5.22. The van der Waals surface area contributed by atoms with Crippen molar-refractivity contribution in [1.82, 2.24) is 0 Å². The van der Waals surface area contributed by atoms with Crippen LogP contribution in [0.2, 0.25) is 0 Å². The van der Waals surface area contributed by atoms with Gasteiger partial charge in [-0.2, -0.15) is 0 Å². The van der Waals surface area contributed by atoms with Gasteiger partial charge in [0.1, 0.15) is 5.75 Å². The van der Waals surface area contributed by atoms with Gasteiger partial charge in [-0.1, -0.05) is 12.1 Å². The number of methoxy groups -OCH3 is 1. The van der Waals surface area contributed by atoms with Crippen molar-refractivity contribution in [3.05, 3.63) is 29.8 Å². The standard InChI is InChI=1S/C15H22NO4PS/c1-11(2)19-21(17,20-12(3)4)15(16-10-22)13-6-8-14(18-5)9-7-13/h6-9,11-12,15H,1-5H3. The molecule has 1 atom stereocenters. The lowest BCUT2D eigenvalue weighted by Gasteiger charge is -2.27. The zero-order valence-electron chi connectivity index (χ0n) is 13.5. The number of aliphatic imine (C=N–C) groups is 1. The lowest BCUT2D eigenvalue weighted by molar-refractivity contribution is 0.137. The molecule has 1 aromatic carbocycles. The zero-order chi connectivity index (χ0) is 16.8. The first-order valence-electron chi connectivity index (χ1n) is 7.00. The van der Waals surface area contributed by atoms with Crippen molar-refractivity contribution in [1.29, 1.82) is 0 Å². The Hall–Kier alpha value is -1.03. The minimum atomic E-state index is -3.54. The summed E-state index contributed by atoms with van der Waals surface area (Å²) in [6.07, 6.45) is -0.545. The molecule has 5 nitrogen and oxygen atoms in total. The molecule has 0 amide bonds. The van der Waals surface area contributed by atoms with Gasteiger partial charge in [0, 0.05) is 0 Å². The number of ether oxygens (including phenoxy) is 1. The Morgan fingerprint density at radius 3 is 1.95 bits per heavy atom. The van der Waals surface area contributed by atoms with Crippen LogP contribution in [0.4, 0.5) is 0 Å². The van der Waals surface area contributed by atoms with Crippen molar-refractivity contribution in [3.8, 4) is 5.75 Å². The Labute approximate surface area is 137 Å². The van der Waals surface area contributed by atoms with Gasteiger partial charge in [-0.3, -0.25) is 4.57 Å². The van der Waals surface area contributed by atoms with Crippen LogP contribution in [0.3, 0.4) is 0 Å². The SMILES string of the molecule is COc1ccc(C(N=C=S)P(=O)(OC(C)C)OC(C)C)cc1. The Morgan fingerprint density at radius 2 is 1.59 bits per heavy atom. The number of benzene rings is 1. The molecule has 0 radical (unpaired) electrons. The molecule has 22 heavy (non-hydrogen) atoms. The summed E-state index contributed by atoms with van der Waals surface area (Å²) in [6.45, 7) is 7.18. The predicted octanol–water partition coefficient (Wildman–Crippen LogP) is 4.84. The maximum atomic E-state index is 13.2. The van der Waals surface area contributed by atoms with Gasteiger partial charge in [-0.25, -0.2) is 4.99 Å². The molecule has 0 bridgehead atoms. The molecule has 1 aromatic rings. The van der Waals surface area contributed by atoms with Gasteiger partial charge in [0.05, 0.1) is 24.5 Å². The van der Waals surface area contributed by atoms with E-state index in [1.54, 1.807) is 59.1 Å². The summed E-state index contributed by atoms with van der Waals surface area (Å²) in [5, 5.41) is 2.29. The summed E-state index contributed by atoms with van der Waals surface area (Å²) < 4.78 is 29.5. The Kier molecular flexibility index (Phi) is 7.40. The summed E-state index contributed by atoms with van der Waals surface area (Å²) >= 11 is 4.70. The number of rotatable bonds is 8. The number of hydrogen-bond acceptors (Lipinski definition) is 6. The van der Waals surface area contributed by atoms with Gasteiger partial charge >= 0.3 is 7.60 Å². The first-order chi connectivity index (χ1) is 10.3. The lowest BCUT2D eigenvalue weighted by Crippen LogP contribution is -2.12. The summed E-state index contributed by atoms with van der Waals surface area (Å²) in [5.41, 5.74) is 0.669. The van der Waals surface area contributed by atoms with E-state index in [4.69, 9.17) is 26.0 Å². The molecule has 0 aliphatic rings. The minimum Gasteiger partial charge on any atom is -0.497 e. The fourth-order valence-corrected chi connectivity index (χ4v) is 4.26. The van der Waals surface area contributed by atoms with Crippen molar-refractivity contribution in [2.75, 3.05) is 7.11 Å². The number of isothiocyanates is 1. The second kappa shape index (κ2) is 8.56. The van der Waals surface area contributed by atoms with E-state index in [0.29, 0.717) is 11.3 Å². The highest BCUT2D eigenvalue weighted by Crippen LogP contribution is 2.63. The van der Waals surface area contributed by atoms with Crippen LogP contribution < -0.4 is 4.74 Å². The third kappa shape index (κ3) is 5.31. The topological polar surface area (TPSA) is 57.1 Å². The highest BCUT2D eigenvalue weighted by molar-refractivity contribution is 7.78. The van der Waals surface area contributed by atoms with Crippen LogP contribution >= 0.6 is 19.8 Å². The zero-order valence-corrected chi connectivity index (χ0v) is 15.2. The van der Waals surface area contributed by atoms with Crippen LogP contribution in [-0.2, 0) is 13.6 Å². The smallest absolute Gasteiger partial charge is 0.360 e. The van der Waals surface area contributed by atoms with E-state index in [1.165, 1.54) is 0 Å². The summed E-state index contributed by atoms with van der Waals surface area (Å²) in [5.74, 6) is -0.154. The van der Waals surface area contributed by atoms with Crippen LogP contribution in [0.1, 0.15) is 39.0 Å². The summed E-state index contributed by atoms with van der Waals surface area (Å²) in [7, 11) is -1.96. The average Bonchev–Trinajstić information content (AvgIpc) is 2.43. The predicted molar refractivity (Wildman–Crippen MR) is 90.8 cm³/mol. The van der Waals surface area contributed by atoms with Crippen molar-refractivity contribution < 1.29 is 18.3 Å². The van der Waals surface area contributed by atoms with Crippen LogP contribution in [0.5, 0.6) is 5.75 Å². The normalized spacial score (nSPS) is 13.0. The highest BCUT2D eigenvalue weighted by Gasteiger charge is 2.39. The fourth-order valence-electron chi connectivity index (χ4n) is 1.88. The van der Waals surface area contributed by atoms with Crippen LogP contribution in [0.25, 0.3) is 0 Å². The molecule has 7 heteroatoms. The van der Waals surface area contributed by atoms with Gasteiger partial charge in [-0.15, -0.1) is 0 Å². The van der Waals surface area contributed by atoms with Crippen molar-refractivity contribution in [3.63, 3.8) is 0 Å². The Bertz CT molecular complexity index is 553.